The molecule has 20 heavy (non-hydrogen) atoms. The van der Waals surface area contributed by atoms with Crippen LogP contribution in [0.4, 0.5) is 0 Å². The minimum Gasteiger partial charge on any atom is -0.366 e. The maximum Gasteiger partial charge on any atom is 0.248 e. The Bertz CT molecular complexity index is 752. The summed E-state index contributed by atoms with van der Waals surface area (Å²) in [5, 5.41) is 14.0. The zero-order chi connectivity index (χ0) is 13.9. The molecule has 6 heteroatoms. The Balaban J connectivity index is 2.16. The SMILES string of the molecule is NC(=O)c1cccc(-c2ccccc2-c2nn[nH]n2)c1. The van der Waals surface area contributed by atoms with E-state index in [1.165, 1.54) is 0 Å². The fourth-order valence-electron chi connectivity index (χ4n) is 2.05. The van der Waals surface area contributed by atoms with E-state index in [1.807, 2.05) is 30.3 Å². The first-order chi connectivity index (χ1) is 9.75. The second-order valence-corrected chi connectivity index (χ2v) is 4.23. The van der Waals surface area contributed by atoms with Crippen molar-refractivity contribution in [3.05, 3.63) is 54.1 Å². The molecule has 0 saturated carbocycles. The first-order valence-corrected chi connectivity index (χ1v) is 5.99. The van der Waals surface area contributed by atoms with Crippen LogP contribution in [0.3, 0.4) is 0 Å². The van der Waals surface area contributed by atoms with E-state index in [1.54, 1.807) is 18.2 Å². The zero-order valence-corrected chi connectivity index (χ0v) is 10.4. The molecule has 2 aromatic carbocycles. The third-order valence-corrected chi connectivity index (χ3v) is 2.97. The van der Waals surface area contributed by atoms with Crippen LogP contribution in [0, 0.1) is 0 Å². The highest BCUT2D eigenvalue weighted by Crippen LogP contribution is 2.29. The number of hydrogen-bond donors (Lipinski definition) is 2. The van der Waals surface area contributed by atoms with Gasteiger partial charge in [0, 0.05) is 11.1 Å². The second kappa shape index (κ2) is 4.93. The van der Waals surface area contributed by atoms with Crippen LogP contribution in [0.5, 0.6) is 0 Å². The second-order valence-electron chi connectivity index (χ2n) is 4.23. The van der Waals surface area contributed by atoms with E-state index in [0.717, 1.165) is 16.7 Å². The van der Waals surface area contributed by atoms with E-state index in [0.29, 0.717) is 11.4 Å². The van der Waals surface area contributed by atoms with Gasteiger partial charge in [0.2, 0.25) is 11.7 Å². The molecule has 1 amide bonds. The van der Waals surface area contributed by atoms with Gasteiger partial charge < -0.3 is 5.73 Å². The molecule has 0 aliphatic heterocycles. The molecule has 0 spiro atoms. The number of benzene rings is 2. The van der Waals surface area contributed by atoms with Gasteiger partial charge in [0.25, 0.3) is 0 Å². The van der Waals surface area contributed by atoms with Crippen LogP contribution in [0.1, 0.15) is 10.4 Å². The van der Waals surface area contributed by atoms with Crippen molar-refractivity contribution < 1.29 is 4.79 Å². The van der Waals surface area contributed by atoms with Gasteiger partial charge in [-0.2, -0.15) is 5.21 Å². The number of carbonyl (C=O) groups excluding carboxylic acids is 1. The number of nitrogens with two attached hydrogens (primary N) is 1. The normalized spacial score (nSPS) is 10.4. The third-order valence-electron chi connectivity index (χ3n) is 2.97. The number of H-pyrrole nitrogens is 1. The summed E-state index contributed by atoms with van der Waals surface area (Å²) < 4.78 is 0. The van der Waals surface area contributed by atoms with Crippen LogP contribution < -0.4 is 5.73 Å². The lowest BCUT2D eigenvalue weighted by Crippen LogP contribution is -2.10. The van der Waals surface area contributed by atoms with E-state index in [-0.39, 0.29) is 0 Å². The quantitative estimate of drug-likeness (QED) is 0.752. The summed E-state index contributed by atoms with van der Waals surface area (Å²) in [4.78, 5) is 11.3. The van der Waals surface area contributed by atoms with Crippen molar-refractivity contribution in [2.45, 2.75) is 0 Å². The molecule has 3 rings (SSSR count). The average Bonchev–Trinajstić information content (AvgIpc) is 3.01. The Hall–Kier alpha value is -3.02. The zero-order valence-electron chi connectivity index (χ0n) is 10.4. The topological polar surface area (TPSA) is 97.5 Å². The van der Waals surface area contributed by atoms with Crippen molar-refractivity contribution in [1.82, 2.24) is 20.6 Å². The first-order valence-electron chi connectivity index (χ1n) is 5.99. The van der Waals surface area contributed by atoms with Crippen LogP contribution >= 0.6 is 0 Å². The summed E-state index contributed by atoms with van der Waals surface area (Å²) in [5.41, 5.74) is 8.40. The highest BCUT2D eigenvalue weighted by atomic mass is 16.1. The largest absolute Gasteiger partial charge is 0.366 e. The number of nitrogens with one attached hydrogen (secondary N) is 1. The molecular weight excluding hydrogens is 254 g/mol. The van der Waals surface area contributed by atoms with Crippen LogP contribution in [0.15, 0.2) is 48.5 Å². The molecule has 0 unspecified atom stereocenters. The van der Waals surface area contributed by atoms with Crippen molar-refractivity contribution >= 4 is 5.91 Å². The fourth-order valence-corrected chi connectivity index (χ4v) is 2.05. The molecule has 0 aliphatic rings. The molecule has 1 heterocycles. The number of amides is 1. The number of primary amides is 1. The molecule has 0 radical (unpaired) electrons. The van der Waals surface area contributed by atoms with Crippen molar-refractivity contribution in [3.8, 4) is 22.5 Å². The van der Waals surface area contributed by atoms with Gasteiger partial charge in [0.1, 0.15) is 0 Å². The predicted octanol–water partition coefficient (Wildman–Crippen LogP) is 1.63. The molecule has 0 bridgehead atoms. The van der Waals surface area contributed by atoms with Crippen molar-refractivity contribution in [2.24, 2.45) is 5.73 Å². The van der Waals surface area contributed by atoms with Gasteiger partial charge in [-0.25, -0.2) is 0 Å². The van der Waals surface area contributed by atoms with Gasteiger partial charge in [-0.15, -0.1) is 10.2 Å². The summed E-state index contributed by atoms with van der Waals surface area (Å²) in [6, 6.07) is 14.8. The van der Waals surface area contributed by atoms with Crippen LogP contribution in [-0.4, -0.2) is 26.5 Å². The van der Waals surface area contributed by atoms with Crippen molar-refractivity contribution in [1.29, 1.82) is 0 Å². The molecule has 0 fully saturated rings. The van der Waals surface area contributed by atoms with Gasteiger partial charge in [-0.1, -0.05) is 36.4 Å². The molecule has 6 nitrogen and oxygen atoms in total. The van der Waals surface area contributed by atoms with Gasteiger partial charge in [0.15, 0.2) is 0 Å². The lowest BCUT2D eigenvalue weighted by atomic mass is 9.97. The van der Waals surface area contributed by atoms with Crippen LogP contribution in [0.25, 0.3) is 22.5 Å². The molecule has 3 aromatic rings. The molecule has 1 aromatic heterocycles. The lowest BCUT2D eigenvalue weighted by molar-refractivity contribution is 0.100. The third kappa shape index (κ3) is 2.14. The first kappa shape index (κ1) is 12.0. The number of aromatic amines is 1. The van der Waals surface area contributed by atoms with Crippen LogP contribution in [-0.2, 0) is 0 Å². The highest BCUT2D eigenvalue weighted by Gasteiger charge is 2.11. The number of aromatic nitrogens is 4. The van der Waals surface area contributed by atoms with E-state index in [4.69, 9.17) is 5.73 Å². The van der Waals surface area contributed by atoms with E-state index in [9.17, 15) is 4.79 Å². The Labute approximate surface area is 114 Å². The van der Waals surface area contributed by atoms with Gasteiger partial charge in [0.05, 0.1) is 0 Å². The Morgan fingerprint density at radius 3 is 2.55 bits per heavy atom. The van der Waals surface area contributed by atoms with Crippen LogP contribution in [0.2, 0.25) is 0 Å². The minimum absolute atomic E-state index is 0.455. The van der Waals surface area contributed by atoms with E-state index >= 15 is 0 Å². The van der Waals surface area contributed by atoms with E-state index < -0.39 is 5.91 Å². The fraction of sp³-hybridized carbons (Fsp3) is 0. The standard InChI is InChI=1S/C14H11N5O/c15-13(20)10-5-3-4-9(8-10)11-6-1-2-7-12(11)14-16-18-19-17-14/h1-8H,(H2,15,20)(H,16,17,18,19). The molecule has 0 atom stereocenters. The summed E-state index contributed by atoms with van der Waals surface area (Å²) in [6.07, 6.45) is 0. The van der Waals surface area contributed by atoms with Gasteiger partial charge >= 0.3 is 0 Å². The number of hydrogen-bond acceptors (Lipinski definition) is 4. The summed E-state index contributed by atoms with van der Waals surface area (Å²) >= 11 is 0. The molecule has 0 aliphatic carbocycles. The Morgan fingerprint density at radius 2 is 1.85 bits per heavy atom. The predicted molar refractivity (Wildman–Crippen MR) is 73.6 cm³/mol. The minimum atomic E-state index is -0.455. The van der Waals surface area contributed by atoms with Crippen molar-refractivity contribution in [2.75, 3.05) is 0 Å². The molecule has 3 N–H and O–H groups in total. The highest BCUT2D eigenvalue weighted by molar-refractivity contribution is 5.94. The maximum atomic E-state index is 11.3. The maximum absolute atomic E-state index is 11.3. The van der Waals surface area contributed by atoms with E-state index in [2.05, 4.69) is 20.6 Å². The number of tetrazole rings is 1. The van der Waals surface area contributed by atoms with Crippen molar-refractivity contribution in [3.63, 3.8) is 0 Å². The molecule has 98 valence electrons. The summed E-state index contributed by atoms with van der Waals surface area (Å²) in [6.45, 7) is 0. The smallest absolute Gasteiger partial charge is 0.248 e. The lowest BCUT2D eigenvalue weighted by Gasteiger charge is -2.07. The molecule has 0 saturated heterocycles. The monoisotopic (exact) mass is 265 g/mol. The average molecular weight is 265 g/mol. The van der Waals surface area contributed by atoms with Gasteiger partial charge in [-0.05, 0) is 28.5 Å². The Kier molecular flexibility index (Phi) is 2.96. The number of carbonyl (C=O) groups is 1. The van der Waals surface area contributed by atoms with Gasteiger partial charge in [-0.3, -0.25) is 4.79 Å². The summed E-state index contributed by atoms with van der Waals surface area (Å²) in [7, 11) is 0. The summed E-state index contributed by atoms with van der Waals surface area (Å²) in [5.74, 6) is 0.0500. The number of rotatable bonds is 3. The Morgan fingerprint density at radius 1 is 1.05 bits per heavy atom. The number of nitrogens with zero attached hydrogens (tertiary/aromatic N) is 3. The molecular formula is C14H11N5O.